The molecule has 3 nitrogen and oxygen atoms in total. The molecule has 0 aliphatic carbocycles. The van der Waals surface area contributed by atoms with E-state index in [0.717, 1.165) is 5.76 Å². The number of furan rings is 1. The van der Waals surface area contributed by atoms with Crippen molar-refractivity contribution in [3.8, 4) is 0 Å². The Kier molecular flexibility index (Phi) is 2.89. The van der Waals surface area contributed by atoms with E-state index in [9.17, 15) is 5.11 Å². The largest absolute Gasteiger partial charge is 0.468 e. The Bertz CT molecular complexity index is 211. The van der Waals surface area contributed by atoms with Crippen molar-refractivity contribution >= 4 is 0 Å². The molecule has 0 bridgehead atoms. The molecule has 0 aliphatic rings. The van der Waals surface area contributed by atoms with Gasteiger partial charge in [-0.25, -0.2) is 0 Å². The van der Waals surface area contributed by atoms with Crippen LogP contribution in [0.25, 0.3) is 0 Å². The van der Waals surface area contributed by atoms with Gasteiger partial charge >= 0.3 is 0 Å². The molecule has 0 atom stereocenters. The van der Waals surface area contributed by atoms with Gasteiger partial charge in [0.2, 0.25) is 0 Å². The highest BCUT2D eigenvalue weighted by Gasteiger charge is 2.10. The smallest absolute Gasteiger partial charge is 0.117 e. The lowest BCUT2D eigenvalue weighted by atomic mass is 10.1. The van der Waals surface area contributed by atoms with Gasteiger partial charge in [0.15, 0.2) is 0 Å². The zero-order valence-electron chi connectivity index (χ0n) is 7.50. The van der Waals surface area contributed by atoms with Gasteiger partial charge in [-0.1, -0.05) is 0 Å². The highest BCUT2D eigenvalue weighted by Crippen LogP contribution is 2.01. The van der Waals surface area contributed by atoms with Crippen LogP contribution in [0, 0.1) is 0 Å². The first-order valence-corrected chi connectivity index (χ1v) is 4.03. The lowest BCUT2D eigenvalue weighted by Gasteiger charge is -2.16. The second-order valence-corrected chi connectivity index (χ2v) is 3.50. The number of rotatable bonds is 4. The summed E-state index contributed by atoms with van der Waals surface area (Å²) in [4.78, 5) is 0. The third kappa shape index (κ3) is 3.55. The molecule has 1 heterocycles. The molecule has 0 aromatic carbocycles. The maximum absolute atomic E-state index is 9.35. The minimum absolute atomic E-state index is 0.563. The first kappa shape index (κ1) is 9.29. The first-order valence-electron chi connectivity index (χ1n) is 4.03. The molecule has 1 rings (SSSR count). The topological polar surface area (TPSA) is 45.4 Å². The van der Waals surface area contributed by atoms with Crippen LogP contribution in [0.1, 0.15) is 19.6 Å². The summed E-state index contributed by atoms with van der Waals surface area (Å²) in [5.74, 6) is 0.888. The van der Waals surface area contributed by atoms with Gasteiger partial charge in [0, 0.05) is 6.54 Å². The highest BCUT2D eigenvalue weighted by molar-refractivity contribution is 4.97. The van der Waals surface area contributed by atoms with Crippen molar-refractivity contribution in [3.63, 3.8) is 0 Å². The summed E-state index contributed by atoms with van der Waals surface area (Å²) in [5, 5.41) is 12.4. The Balaban J connectivity index is 2.20. The van der Waals surface area contributed by atoms with Crippen LogP contribution in [0.5, 0.6) is 0 Å². The van der Waals surface area contributed by atoms with Crippen molar-refractivity contribution < 1.29 is 9.52 Å². The molecular formula is C9H15NO2. The van der Waals surface area contributed by atoms with Crippen molar-refractivity contribution in [3.05, 3.63) is 24.2 Å². The summed E-state index contributed by atoms with van der Waals surface area (Å²) in [7, 11) is 0. The molecule has 0 unspecified atom stereocenters. The maximum Gasteiger partial charge on any atom is 0.117 e. The molecule has 68 valence electrons. The number of hydrogen-bond donors (Lipinski definition) is 2. The summed E-state index contributed by atoms with van der Waals surface area (Å²) in [6.07, 6.45) is 1.64. The fraction of sp³-hybridized carbons (Fsp3) is 0.556. The average Bonchev–Trinajstić information content (AvgIpc) is 2.36. The molecule has 2 N–H and O–H groups in total. The average molecular weight is 169 g/mol. The molecule has 3 heteroatoms. The summed E-state index contributed by atoms with van der Waals surface area (Å²) in [6.45, 7) is 4.76. The summed E-state index contributed by atoms with van der Waals surface area (Å²) in [5.41, 5.74) is -0.660. The van der Waals surface area contributed by atoms with E-state index in [4.69, 9.17) is 4.42 Å². The van der Waals surface area contributed by atoms with E-state index in [1.54, 1.807) is 20.1 Å². The SMILES string of the molecule is CC(C)(O)CNCc1ccco1. The predicted molar refractivity (Wildman–Crippen MR) is 46.7 cm³/mol. The van der Waals surface area contributed by atoms with Gasteiger partial charge in [0.25, 0.3) is 0 Å². The van der Waals surface area contributed by atoms with E-state index >= 15 is 0 Å². The van der Waals surface area contributed by atoms with Crippen LogP contribution in [-0.2, 0) is 6.54 Å². The minimum Gasteiger partial charge on any atom is -0.468 e. The van der Waals surface area contributed by atoms with Gasteiger partial charge < -0.3 is 14.8 Å². The number of hydrogen-bond acceptors (Lipinski definition) is 3. The maximum atomic E-state index is 9.35. The zero-order chi connectivity index (χ0) is 9.03. The van der Waals surface area contributed by atoms with E-state index in [2.05, 4.69) is 5.32 Å². The fourth-order valence-corrected chi connectivity index (χ4v) is 0.905. The van der Waals surface area contributed by atoms with Gasteiger partial charge in [-0.15, -0.1) is 0 Å². The second-order valence-electron chi connectivity index (χ2n) is 3.50. The number of nitrogens with one attached hydrogen (secondary N) is 1. The van der Waals surface area contributed by atoms with Crippen molar-refractivity contribution in [1.82, 2.24) is 5.32 Å². The van der Waals surface area contributed by atoms with Gasteiger partial charge in [0.05, 0.1) is 18.4 Å². The minimum atomic E-state index is -0.660. The third-order valence-corrected chi connectivity index (χ3v) is 1.44. The molecule has 1 aromatic rings. The van der Waals surface area contributed by atoms with Gasteiger partial charge in [0.1, 0.15) is 5.76 Å². The standard InChI is InChI=1S/C9H15NO2/c1-9(2,11)7-10-6-8-4-3-5-12-8/h3-5,10-11H,6-7H2,1-2H3. The van der Waals surface area contributed by atoms with Crippen LogP contribution in [-0.4, -0.2) is 17.3 Å². The van der Waals surface area contributed by atoms with Crippen LogP contribution in [0.2, 0.25) is 0 Å². The van der Waals surface area contributed by atoms with Crippen LogP contribution < -0.4 is 5.32 Å². The number of aliphatic hydroxyl groups is 1. The molecule has 1 aromatic heterocycles. The molecule has 0 fully saturated rings. The van der Waals surface area contributed by atoms with Crippen molar-refractivity contribution in [2.45, 2.75) is 26.0 Å². The summed E-state index contributed by atoms with van der Waals surface area (Å²) in [6, 6.07) is 3.75. The Hall–Kier alpha value is -0.800. The molecule has 0 amide bonds. The van der Waals surface area contributed by atoms with E-state index in [-0.39, 0.29) is 0 Å². The zero-order valence-corrected chi connectivity index (χ0v) is 7.50. The highest BCUT2D eigenvalue weighted by atomic mass is 16.3. The van der Waals surface area contributed by atoms with Crippen molar-refractivity contribution in [2.75, 3.05) is 6.54 Å². The van der Waals surface area contributed by atoms with E-state index in [1.165, 1.54) is 0 Å². The van der Waals surface area contributed by atoms with Gasteiger partial charge in [-0.2, -0.15) is 0 Å². The Labute approximate surface area is 72.4 Å². The molecule has 0 spiro atoms. The molecular weight excluding hydrogens is 154 g/mol. The second kappa shape index (κ2) is 3.74. The molecule has 12 heavy (non-hydrogen) atoms. The molecule has 0 aliphatic heterocycles. The molecule has 0 saturated carbocycles. The Morgan fingerprint density at radius 1 is 1.58 bits per heavy atom. The normalized spacial score (nSPS) is 11.9. The monoisotopic (exact) mass is 169 g/mol. The first-order chi connectivity index (χ1) is 5.58. The van der Waals surface area contributed by atoms with Crippen molar-refractivity contribution in [2.24, 2.45) is 0 Å². The fourth-order valence-electron chi connectivity index (χ4n) is 0.905. The van der Waals surface area contributed by atoms with Crippen LogP contribution in [0.4, 0.5) is 0 Å². The third-order valence-electron chi connectivity index (χ3n) is 1.44. The lowest BCUT2D eigenvalue weighted by Crippen LogP contribution is -2.34. The molecule has 0 radical (unpaired) electrons. The van der Waals surface area contributed by atoms with E-state index in [0.29, 0.717) is 13.1 Å². The Morgan fingerprint density at radius 3 is 2.83 bits per heavy atom. The van der Waals surface area contributed by atoms with Crippen LogP contribution >= 0.6 is 0 Å². The van der Waals surface area contributed by atoms with E-state index < -0.39 is 5.60 Å². The quantitative estimate of drug-likeness (QED) is 0.710. The summed E-state index contributed by atoms with van der Waals surface area (Å²) < 4.78 is 5.10. The van der Waals surface area contributed by atoms with Crippen LogP contribution in [0.3, 0.4) is 0 Å². The van der Waals surface area contributed by atoms with Crippen LogP contribution in [0.15, 0.2) is 22.8 Å². The van der Waals surface area contributed by atoms with E-state index in [1.807, 2.05) is 12.1 Å². The van der Waals surface area contributed by atoms with Crippen molar-refractivity contribution in [1.29, 1.82) is 0 Å². The Morgan fingerprint density at radius 2 is 2.33 bits per heavy atom. The lowest BCUT2D eigenvalue weighted by molar-refractivity contribution is 0.0790. The van der Waals surface area contributed by atoms with Gasteiger partial charge in [-0.3, -0.25) is 0 Å². The molecule has 0 saturated heterocycles. The summed E-state index contributed by atoms with van der Waals surface area (Å²) >= 11 is 0. The van der Waals surface area contributed by atoms with Gasteiger partial charge in [-0.05, 0) is 26.0 Å². The predicted octanol–water partition coefficient (Wildman–Crippen LogP) is 1.14.